The van der Waals surface area contributed by atoms with Crippen LogP contribution in [-0.4, -0.2) is 11.9 Å². The number of carbonyl (C=O) groups excluding carboxylic acids is 2. The van der Waals surface area contributed by atoms with Crippen LogP contribution in [0.5, 0.6) is 11.5 Å². The van der Waals surface area contributed by atoms with Gasteiger partial charge < -0.3 is 13.9 Å². The number of hydrogen-bond acceptors (Lipinski definition) is 5. The van der Waals surface area contributed by atoms with Gasteiger partial charge in [0, 0.05) is 11.6 Å². The highest BCUT2D eigenvalue weighted by molar-refractivity contribution is 5.90. The fourth-order valence-corrected chi connectivity index (χ4v) is 2.51. The van der Waals surface area contributed by atoms with E-state index in [2.05, 4.69) is 13.2 Å². The maximum atomic E-state index is 13.8. The molecule has 0 aliphatic heterocycles. The van der Waals surface area contributed by atoms with E-state index < -0.39 is 17.8 Å². The van der Waals surface area contributed by atoms with Crippen molar-refractivity contribution in [2.45, 2.75) is 6.92 Å². The molecule has 0 aliphatic rings. The number of ether oxygens (including phenoxy) is 2. The Morgan fingerprint density at radius 3 is 2.31 bits per heavy atom. The SMILES string of the molecule is C=CC(=O)Oc1ccccc1-c1ccc(-c2cc(F)ccc2OC(=O)C(=C)C)o1. The molecule has 29 heavy (non-hydrogen) atoms. The zero-order chi connectivity index (χ0) is 21.0. The summed E-state index contributed by atoms with van der Waals surface area (Å²) in [5, 5.41) is 0. The van der Waals surface area contributed by atoms with Gasteiger partial charge in [-0.25, -0.2) is 14.0 Å². The first kappa shape index (κ1) is 19.8. The van der Waals surface area contributed by atoms with Crippen LogP contribution in [0.2, 0.25) is 0 Å². The van der Waals surface area contributed by atoms with E-state index >= 15 is 0 Å². The van der Waals surface area contributed by atoms with Crippen molar-refractivity contribution in [3.05, 3.63) is 85.2 Å². The molecule has 0 unspecified atom stereocenters. The first-order chi connectivity index (χ1) is 13.9. The van der Waals surface area contributed by atoms with Gasteiger partial charge in [0.05, 0.1) is 11.1 Å². The van der Waals surface area contributed by atoms with Crippen LogP contribution in [-0.2, 0) is 9.59 Å². The van der Waals surface area contributed by atoms with Gasteiger partial charge in [0.2, 0.25) is 0 Å². The van der Waals surface area contributed by atoms with Crippen molar-refractivity contribution in [1.29, 1.82) is 0 Å². The molecular formula is C23H17FO5. The average Bonchev–Trinajstić information content (AvgIpc) is 3.19. The molecule has 0 amide bonds. The van der Waals surface area contributed by atoms with E-state index in [0.29, 0.717) is 11.3 Å². The second-order valence-corrected chi connectivity index (χ2v) is 6.10. The van der Waals surface area contributed by atoms with Crippen molar-refractivity contribution < 1.29 is 27.9 Å². The predicted octanol–water partition coefficient (Wildman–Crippen LogP) is 5.33. The summed E-state index contributed by atoms with van der Waals surface area (Å²) in [4.78, 5) is 23.4. The van der Waals surface area contributed by atoms with Crippen LogP contribution in [0.1, 0.15) is 6.92 Å². The average molecular weight is 392 g/mol. The Balaban J connectivity index is 2.01. The van der Waals surface area contributed by atoms with E-state index in [-0.39, 0.29) is 28.4 Å². The van der Waals surface area contributed by atoms with E-state index in [4.69, 9.17) is 13.9 Å². The lowest BCUT2D eigenvalue weighted by Crippen LogP contribution is -2.09. The lowest BCUT2D eigenvalue weighted by Gasteiger charge is -2.09. The summed E-state index contributed by atoms with van der Waals surface area (Å²) in [7, 11) is 0. The van der Waals surface area contributed by atoms with Gasteiger partial charge in [0.1, 0.15) is 28.8 Å². The molecule has 0 atom stereocenters. The first-order valence-corrected chi connectivity index (χ1v) is 8.60. The van der Waals surface area contributed by atoms with Crippen molar-refractivity contribution in [3.8, 4) is 34.1 Å². The summed E-state index contributed by atoms with van der Waals surface area (Å²) >= 11 is 0. The normalized spacial score (nSPS) is 10.3. The Labute approximate surface area is 166 Å². The minimum Gasteiger partial charge on any atom is -0.456 e. The van der Waals surface area contributed by atoms with Crippen molar-refractivity contribution in [3.63, 3.8) is 0 Å². The van der Waals surface area contributed by atoms with Gasteiger partial charge in [0.15, 0.2) is 0 Å². The van der Waals surface area contributed by atoms with Crippen LogP contribution in [0, 0.1) is 5.82 Å². The second-order valence-electron chi connectivity index (χ2n) is 6.10. The quantitative estimate of drug-likeness (QED) is 0.322. The van der Waals surface area contributed by atoms with Crippen LogP contribution in [0.4, 0.5) is 4.39 Å². The van der Waals surface area contributed by atoms with Gasteiger partial charge in [-0.15, -0.1) is 0 Å². The molecule has 0 aliphatic carbocycles. The number of halogens is 1. The minimum atomic E-state index is -0.633. The molecule has 0 spiro atoms. The van der Waals surface area contributed by atoms with E-state index in [9.17, 15) is 14.0 Å². The lowest BCUT2D eigenvalue weighted by molar-refractivity contribution is -0.130. The summed E-state index contributed by atoms with van der Waals surface area (Å²) < 4.78 is 30.2. The molecule has 146 valence electrons. The molecule has 0 bridgehead atoms. The lowest BCUT2D eigenvalue weighted by atomic mass is 10.1. The maximum absolute atomic E-state index is 13.8. The highest BCUT2D eigenvalue weighted by Gasteiger charge is 2.18. The molecule has 0 saturated heterocycles. The van der Waals surface area contributed by atoms with Gasteiger partial charge in [-0.2, -0.15) is 0 Å². The van der Waals surface area contributed by atoms with Crippen LogP contribution < -0.4 is 9.47 Å². The second kappa shape index (κ2) is 8.39. The highest BCUT2D eigenvalue weighted by atomic mass is 19.1. The van der Waals surface area contributed by atoms with E-state index in [1.54, 1.807) is 36.4 Å². The number of para-hydroxylation sites is 1. The number of esters is 2. The van der Waals surface area contributed by atoms with Gasteiger partial charge in [-0.3, -0.25) is 0 Å². The topological polar surface area (TPSA) is 65.7 Å². The Morgan fingerprint density at radius 1 is 0.966 bits per heavy atom. The summed E-state index contributed by atoms with van der Waals surface area (Å²) in [5.74, 6) is -0.691. The van der Waals surface area contributed by atoms with Crippen LogP contribution in [0.3, 0.4) is 0 Å². The molecule has 1 aromatic heterocycles. The molecule has 0 fully saturated rings. The third-order valence-electron chi connectivity index (χ3n) is 3.89. The van der Waals surface area contributed by atoms with Crippen molar-refractivity contribution >= 4 is 11.9 Å². The third kappa shape index (κ3) is 4.50. The molecular weight excluding hydrogens is 375 g/mol. The molecule has 1 heterocycles. The monoisotopic (exact) mass is 392 g/mol. The highest BCUT2D eigenvalue weighted by Crippen LogP contribution is 2.37. The number of hydrogen-bond donors (Lipinski definition) is 0. The van der Waals surface area contributed by atoms with Crippen molar-refractivity contribution in [1.82, 2.24) is 0 Å². The molecule has 0 saturated carbocycles. The Morgan fingerprint density at radius 2 is 1.62 bits per heavy atom. The van der Waals surface area contributed by atoms with E-state index in [0.717, 1.165) is 6.08 Å². The number of furan rings is 1. The van der Waals surface area contributed by atoms with Crippen LogP contribution in [0.25, 0.3) is 22.6 Å². The smallest absolute Gasteiger partial charge is 0.338 e. The minimum absolute atomic E-state index is 0.131. The Hall–Kier alpha value is -3.93. The van der Waals surface area contributed by atoms with Gasteiger partial charge in [0.25, 0.3) is 0 Å². The molecule has 3 aromatic rings. The number of benzene rings is 2. The predicted molar refractivity (Wildman–Crippen MR) is 106 cm³/mol. The van der Waals surface area contributed by atoms with Crippen molar-refractivity contribution in [2.75, 3.05) is 0 Å². The molecule has 0 radical (unpaired) electrons. The summed E-state index contributed by atoms with van der Waals surface area (Å²) in [5.41, 5.74) is 0.982. The molecule has 5 nitrogen and oxygen atoms in total. The van der Waals surface area contributed by atoms with Gasteiger partial charge in [-0.1, -0.05) is 25.3 Å². The Kier molecular flexibility index (Phi) is 5.74. The zero-order valence-electron chi connectivity index (χ0n) is 15.6. The first-order valence-electron chi connectivity index (χ1n) is 8.60. The molecule has 0 N–H and O–H groups in total. The molecule has 2 aromatic carbocycles. The van der Waals surface area contributed by atoms with Gasteiger partial charge in [-0.05, 0) is 49.4 Å². The number of rotatable bonds is 6. The van der Waals surface area contributed by atoms with Crippen LogP contribution >= 0.6 is 0 Å². The molecule has 6 heteroatoms. The van der Waals surface area contributed by atoms with Crippen LogP contribution in [0.15, 0.2) is 83.8 Å². The fraction of sp³-hybridized carbons (Fsp3) is 0.0435. The van der Waals surface area contributed by atoms with E-state index in [1.807, 2.05) is 0 Å². The van der Waals surface area contributed by atoms with Crippen molar-refractivity contribution in [2.24, 2.45) is 0 Å². The van der Waals surface area contributed by atoms with Gasteiger partial charge >= 0.3 is 11.9 Å². The van der Waals surface area contributed by atoms with E-state index in [1.165, 1.54) is 25.1 Å². The summed E-state index contributed by atoms with van der Waals surface area (Å²) in [6.07, 6.45) is 1.05. The number of carbonyl (C=O) groups is 2. The third-order valence-corrected chi connectivity index (χ3v) is 3.89. The molecule has 3 rings (SSSR count). The summed E-state index contributed by atoms with van der Waals surface area (Å²) in [6.45, 7) is 8.42. The zero-order valence-corrected chi connectivity index (χ0v) is 15.6. The standard InChI is InChI=1S/C23H17FO5/c1-4-22(25)28-18-8-6-5-7-16(18)19-11-12-20(27-19)17-13-15(24)9-10-21(17)29-23(26)14(2)3/h4-13H,1-2H2,3H3. The Bertz CT molecular complexity index is 1110. The fourth-order valence-electron chi connectivity index (χ4n) is 2.51. The largest absolute Gasteiger partial charge is 0.456 e. The maximum Gasteiger partial charge on any atom is 0.338 e. The summed E-state index contributed by atoms with van der Waals surface area (Å²) in [6, 6.07) is 13.8.